The van der Waals surface area contributed by atoms with E-state index in [1.807, 2.05) is 18.2 Å². The van der Waals surface area contributed by atoms with Gasteiger partial charge in [-0.05, 0) is 56.1 Å². The second-order valence-electron chi connectivity index (χ2n) is 3.32. The Labute approximate surface area is 115 Å². The van der Waals surface area contributed by atoms with Crippen LogP contribution in [0.25, 0.3) is 0 Å². The third-order valence-electron chi connectivity index (χ3n) is 2.07. The molecule has 84 valence electrons. The van der Waals surface area contributed by atoms with Crippen LogP contribution in [0.2, 0.25) is 0 Å². The van der Waals surface area contributed by atoms with Crippen molar-refractivity contribution in [1.82, 2.24) is 0 Å². The molecule has 16 heavy (non-hydrogen) atoms. The average molecular weight is 362 g/mol. The summed E-state index contributed by atoms with van der Waals surface area (Å²) in [6, 6.07) is 7.87. The van der Waals surface area contributed by atoms with E-state index in [4.69, 9.17) is 5.73 Å². The van der Waals surface area contributed by atoms with E-state index in [-0.39, 0.29) is 0 Å². The number of nitrogens with two attached hydrogens (primary N) is 1. The number of hydrogen-bond acceptors (Lipinski definition) is 3. The first-order valence-corrected chi connectivity index (χ1v) is 7.13. The van der Waals surface area contributed by atoms with Gasteiger partial charge in [0.15, 0.2) is 0 Å². The van der Waals surface area contributed by atoms with Gasteiger partial charge >= 0.3 is 0 Å². The Morgan fingerprint density at radius 3 is 2.69 bits per heavy atom. The Bertz CT molecular complexity index is 496. The summed E-state index contributed by atoms with van der Waals surface area (Å²) in [5.74, 6) is 0. The summed E-state index contributed by atoms with van der Waals surface area (Å²) in [7, 11) is 0. The van der Waals surface area contributed by atoms with Crippen LogP contribution in [-0.4, -0.2) is 0 Å². The third kappa shape index (κ3) is 2.99. The van der Waals surface area contributed by atoms with Gasteiger partial charge in [-0.3, -0.25) is 0 Å². The van der Waals surface area contributed by atoms with Crippen LogP contribution in [0.3, 0.4) is 0 Å². The maximum absolute atomic E-state index is 5.68. The van der Waals surface area contributed by atoms with Crippen molar-refractivity contribution in [1.29, 1.82) is 0 Å². The van der Waals surface area contributed by atoms with E-state index in [0.29, 0.717) is 0 Å². The second-order valence-corrected chi connectivity index (χ2v) is 6.09. The molecule has 0 aliphatic rings. The molecule has 0 bridgehead atoms. The van der Waals surface area contributed by atoms with Gasteiger partial charge < -0.3 is 11.1 Å². The van der Waals surface area contributed by atoms with Crippen LogP contribution >= 0.6 is 43.2 Å². The van der Waals surface area contributed by atoms with Crippen LogP contribution in [0.4, 0.5) is 11.4 Å². The van der Waals surface area contributed by atoms with Gasteiger partial charge in [0, 0.05) is 37.1 Å². The molecular formula is C11H10Br2N2S. The zero-order valence-electron chi connectivity index (χ0n) is 8.34. The van der Waals surface area contributed by atoms with Crippen molar-refractivity contribution >= 4 is 54.6 Å². The van der Waals surface area contributed by atoms with Crippen LogP contribution in [0.5, 0.6) is 0 Å². The fraction of sp³-hybridized carbons (Fsp3) is 0.0909. The lowest BCUT2D eigenvalue weighted by molar-refractivity contribution is 1.19. The lowest BCUT2D eigenvalue weighted by Crippen LogP contribution is -1.98. The van der Waals surface area contributed by atoms with E-state index in [1.165, 1.54) is 4.88 Å². The fourth-order valence-electron chi connectivity index (χ4n) is 1.30. The predicted octanol–water partition coefficient (Wildman–Crippen LogP) is 4.47. The zero-order valence-corrected chi connectivity index (χ0v) is 12.3. The van der Waals surface area contributed by atoms with Crippen molar-refractivity contribution in [3.05, 3.63) is 43.5 Å². The number of nitrogen functional groups attached to an aromatic ring is 1. The summed E-state index contributed by atoms with van der Waals surface area (Å²) in [5, 5.41) is 5.44. The quantitative estimate of drug-likeness (QED) is 0.791. The van der Waals surface area contributed by atoms with Crippen LogP contribution < -0.4 is 11.1 Å². The second kappa shape index (κ2) is 5.21. The topological polar surface area (TPSA) is 38.0 Å². The number of hydrogen-bond donors (Lipinski definition) is 2. The molecule has 1 aromatic carbocycles. The van der Waals surface area contributed by atoms with Crippen molar-refractivity contribution in [3.8, 4) is 0 Å². The molecule has 0 fully saturated rings. The summed E-state index contributed by atoms with van der Waals surface area (Å²) < 4.78 is 2.12. The minimum atomic E-state index is 0.760. The number of anilines is 2. The predicted molar refractivity (Wildman–Crippen MR) is 77.9 cm³/mol. The number of benzene rings is 1. The molecule has 0 aliphatic heterocycles. The molecule has 0 saturated heterocycles. The highest BCUT2D eigenvalue weighted by atomic mass is 79.9. The van der Waals surface area contributed by atoms with Gasteiger partial charge in [-0.25, -0.2) is 0 Å². The molecular weight excluding hydrogens is 352 g/mol. The van der Waals surface area contributed by atoms with Crippen LogP contribution in [0.15, 0.2) is 38.6 Å². The highest BCUT2D eigenvalue weighted by Gasteiger charge is 2.01. The number of nitrogens with one attached hydrogen (secondary N) is 1. The van der Waals surface area contributed by atoms with E-state index in [9.17, 15) is 0 Å². The number of thiophene rings is 1. The minimum Gasteiger partial charge on any atom is -0.399 e. The van der Waals surface area contributed by atoms with Crippen molar-refractivity contribution in [2.45, 2.75) is 6.54 Å². The molecule has 1 heterocycles. The van der Waals surface area contributed by atoms with E-state index < -0.39 is 0 Å². The zero-order chi connectivity index (χ0) is 11.5. The molecule has 2 nitrogen and oxygen atoms in total. The van der Waals surface area contributed by atoms with Gasteiger partial charge in [-0.1, -0.05) is 0 Å². The van der Waals surface area contributed by atoms with Crippen LogP contribution in [0, 0.1) is 0 Å². The highest BCUT2D eigenvalue weighted by Crippen LogP contribution is 2.26. The van der Waals surface area contributed by atoms with E-state index in [0.717, 1.165) is 26.9 Å². The van der Waals surface area contributed by atoms with Gasteiger partial charge in [0.1, 0.15) is 0 Å². The van der Waals surface area contributed by atoms with Crippen molar-refractivity contribution in [2.24, 2.45) is 0 Å². The van der Waals surface area contributed by atoms with Crippen molar-refractivity contribution < 1.29 is 0 Å². The molecule has 2 rings (SSSR count). The van der Waals surface area contributed by atoms with Gasteiger partial charge in [0.2, 0.25) is 0 Å². The number of rotatable bonds is 3. The monoisotopic (exact) mass is 360 g/mol. The summed E-state index contributed by atoms with van der Waals surface area (Å²) in [6.45, 7) is 0.818. The van der Waals surface area contributed by atoms with E-state index >= 15 is 0 Å². The largest absolute Gasteiger partial charge is 0.399 e. The van der Waals surface area contributed by atoms with Gasteiger partial charge in [-0.15, -0.1) is 11.3 Å². The molecule has 0 saturated carbocycles. The molecule has 5 heteroatoms. The Kier molecular flexibility index (Phi) is 3.89. The van der Waals surface area contributed by atoms with E-state index in [1.54, 1.807) is 11.3 Å². The minimum absolute atomic E-state index is 0.760. The molecule has 0 unspecified atom stereocenters. The summed E-state index contributed by atoms with van der Waals surface area (Å²) in [4.78, 5) is 1.29. The fourth-order valence-corrected chi connectivity index (χ4v) is 3.23. The summed E-state index contributed by atoms with van der Waals surface area (Å²) in [5.41, 5.74) is 7.49. The molecule has 2 aromatic rings. The molecule has 3 N–H and O–H groups in total. The van der Waals surface area contributed by atoms with E-state index in [2.05, 4.69) is 48.6 Å². The van der Waals surface area contributed by atoms with Gasteiger partial charge in [-0.2, -0.15) is 0 Å². The standard InChI is InChI=1S/C11H10Br2N2S/c12-7-3-9(16-6-7)5-15-11-2-1-8(14)4-10(11)13/h1-4,6,15H,5,14H2. The molecule has 1 aromatic heterocycles. The first-order chi connectivity index (χ1) is 7.65. The molecule has 0 aliphatic carbocycles. The maximum Gasteiger partial charge on any atom is 0.0494 e. The Morgan fingerprint density at radius 2 is 2.06 bits per heavy atom. The summed E-state index contributed by atoms with van der Waals surface area (Å²) in [6.07, 6.45) is 0. The Hall–Kier alpha value is -0.520. The lowest BCUT2D eigenvalue weighted by atomic mass is 10.3. The van der Waals surface area contributed by atoms with Gasteiger partial charge in [0.25, 0.3) is 0 Å². The summed E-state index contributed by atoms with van der Waals surface area (Å²) >= 11 is 8.65. The molecule has 0 radical (unpaired) electrons. The third-order valence-corrected chi connectivity index (χ3v) is 4.42. The molecule has 0 atom stereocenters. The maximum atomic E-state index is 5.68. The smallest absolute Gasteiger partial charge is 0.0494 e. The van der Waals surface area contributed by atoms with Crippen molar-refractivity contribution in [3.63, 3.8) is 0 Å². The normalized spacial score (nSPS) is 10.4. The molecule has 0 amide bonds. The average Bonchev–Trinajstić information content (AvgIpc) is 2.63. The first kappa shape index (κ1) is 12.0. The highest BCUT2D eigenvalue weighted by molar-refractivity contribution is 9.10. The van der Waals surface area contributed by atoms with Crippen molar-refractivity contribution in [2.75, 3.05) is 11.1 Å². The Morgan fingerprint density at radius 1 is 1.25 bits per heavy atom. The van der Waals surface area contributed by atoms with Crippen LogP contribution in [-0.2, 0) is 6.54 Å². The lowest BCUT2D eigenvalue weighted by Gasteiger charge is -2.07. The van der Waals surface area contributed by atoms with Crippen LogP contribution in [0.1, 0.15) is 4.88 Å². The molecule has 0 spiro atoms. The first-order valence-electron chi connectivity index (χ1n) is 4.67. The SMILES string of the molecule is Nc1ccc(NCc2cc(Br)cs2)c(Br)c1. The Balaban J connectivity index is 2.04. The van der Waals surface area contributed by atoms with Gasteiger partial charge in [0.05, 0.1) is 0 Å². The number of halogens is 2.